The summed E-state index contributed by atoms with van der Waals surface area (Å²) < 4.78 is 10.8. The number of carbonyl (C=O) groups is 1. The lowest BCUT2D eigenvalue weighted by Crippen LogP contribution is -2.14. The first-order chi connectivity index (χ1) is 9.10. The molecule has 1 amide bonds. The summed E-state index contributed by atoms with van der Waals surface area (Å²) in [6, 6.07) is 7.01. The standard InChI is InChI=1S/C13H13ClN2O3/c1-2-18-13-10(7-11(15)17)16-12(19-13)8-3-5-9(14)6-4-8/h3-6H,2,7H2,1H3,(H2,15,17). The molecule has 19 heavy (non-hydrogen) atoms. The predicted octanol–water partition coefficient (Wildman–Crippen LogP) is 2.42. The van der Waals surface area contributed by atoms with Crippen LogP contribution in [0.4, 0.5) is 0 Å². The molecule has 0 unspecified atom stereocenters. The lowest BCUT2D eigenvalue weighted by Gasteiger charge is -1.98. The van der Waals surface area contributed by atoms with Gasteiger partial charge in [0, 0.05) is 10.6 Å². The minimum Gasteiger partial charge on any atom is -0.464 e. The maximum Gasteiger partial charge on any atom is 0.309 e. The Morgan fingerprint density at radius 2 is 2.11 bits per heavy atom. The van der Waals surface area contributed by atoms with Gasteiger partial charge in [-0.3, -0.25) is 4.79 Å². The van der Waals surface area contributed by atoms with Crippen molar-refractivity contribution in [2.24, 2.45) is 5.73 Å². The van der Waals surface area contributed by atoms with Crippen LogP contribution in [-0.2, 0) is 11.2 Å². The molecule has 0 aliphatic rings. The van der Waals surface area contributed by atoms with E-state index < -0.39 is 5.91 Å². The SMILES string of the molecule is CCOc1oc(-c2ccc(Cl)cc2)nc1CC(N)=O. The van der Waals surface area contributed by atoms with E-state index in [-0.39, 0.29) is 12.4 Å². The first-order valence-corrected chi connectivity index (χ1v) is 6.14. The van der Waals surface area contributed by atoms with Crippen LogP contribution >= 0.6 is 11.6 Å². The first-order valence-electron chi connectivity index (χ1n) is 5.77. The van der Waals surface area contributed by atoms with Crippen LogP contribution in [-0.4, -0.2) is 17.5 Å². The fourth-order valence-corrected chi connectivity index (χ4v) is 1.70. The minimum atomic E-state index is -0.489. The number of carbonyl (C=O) groups excluding carboxylic acids is 1. The summed E-state index contributed by atoms with van der Waals surface area (Å²) in [5.74, 6) is 0.111. The number of benzene rings is 1. The van der Waals surface area contributed by atoms with Crippen LogP contribution in [0.25, 0.3) is 11.5 Å². The number of hydrogen-bond donors (Lipinski definition) is 1. The van der Waals surface area contributed by atoms with Crippen molar-refractivity contribution in [3.05, 3.63) is 35.0 Å². The Balaban J connectivity index is 2.35. The smallest absolute Gasteiger partial charge is 0.309 e. The highest BCUT2D eigenvalue weighted by Crippen LogP contribution is 2.28. The Bertz CT molecular complexity index is 578. The van der Waals surface area contributed by atoms with E-state index >= 15 is 0 Å². The normalized spacial score (nSPS) is 10.4. The maximum atomic E-state index is 11.0. The number of ether oxygens (including phenoxy) is 1. The molecule has 100 valence electrons. The number of primary amides is 1. The van der Waals surface area contributed by atoms with Crippen molar-refractivity contribution < 1.29 is 13.9 Å². The van der Waals surface area contributed by atoms with E-state index in [0.29, 0.717) is 23.2 Å². The van der Waals surface area contributed by atoms with Gasteiger partial charge in [0.05, 0.1) is 13.0 Å². The molecule has 2 rings (SSSR count). The quantitative estimate of drug-likeness (QED) is 0.912. The molecule has 0 bridgehead atoms. The van der Waals surface area contributed by atoms with Crippen LogP contribution in [0.15, 0.2) is 28.7 Å². The van der Waals surface area contributed by atoms with E-state index in [2.05, 4.69) is 4.98 Å². The molecule has 1 aromatic heterocycles. The van der Waals surface area contributed by atoms with Gasteiger partial charge in [0.1, 0.15) is 5.69 Å². The largest absolute Gasteiger partial charge is 0.464 e. The summed E-state index contributed by atoms with van der Waals surface area (Å²) in [4.78, 5) is 15.2. The maximum absolute atomic E-state index is 11.0. The molecule has 1 heterocycles. The molecule has 6 heteroatoms. The molecule has 0 radical (unpaired) electrons. The van der Waals surface area contributed by atoms with Crippen LogP contribution in [0.3, 0.4) is 0 Å². The highest BCUT2D eigenvalue weighted by atomic mass is 35.5. The molecule has 0 saturated carbocycles. The Morgan fingerprint density at radius 1 is 1.42 bits per heavy atom. The molecule has 0 aliphatic carbocycles. The highest BCUT2D eigenvalue weighted by Gasteiger charge is 2.17. The van der Waals surface area contributed by atoms with Crippen LogP contribution in [0.1, 0.15) is 12.6 Å². The number of aromatic nitrogens is 1. The van der Waals surface area contributed by atoms with Crippen molar-refractivity contribution in [3.63, 3.8) is 0 Å². The molecule has 0 fully saturated rings. The zero-order valence-corrected chi connectivity index (χ0v) is 11.1. The number of nitrogens with zero attached hydrogens (tertiary/aromatic N) is 1. The average molecular weight is 281 g/mol. The van der Waals surface area contributed by atoms with Crippen molar-refractivity contribution in [1.29, 1.82) is 0 Å². The number of nitrogens with two attached hydrogens (primary N) is 1. The predicted molar refractivity (Wildman–Crippen MR) is 71.0 cm³/mol. The third kappa shape index (κ3) is 3.26. The lowest BCUT2D eigenvalue weighted by atomic mass is 10.2. The summed E-state index contributed by atoms with van der Waals surface area (Å²) >= 11 is 5.82. The molecule has 0 atom stereocenters. The monoisotopic (exact) mass is 280 g/mol. The molecule has 5 nitrogen and oxygen atoms in total. The molecule has 1 aromatic carbocycles. The van der Waals surface area contributed by atoms with Crippen LogP contribution in [0, 0.1) is 0 Å². The van der Waals surface area contributed by atoms with Gasteiger partial charge >= 0.3 is 5.95 Å². The second-order valence-electron chi connectivity index (χ2n) is 3.84. The van der Waals surface area contributed by atoms with E-state index in [0.717, 1.165) is 5.56 Å². The van der Waals surface area contributed by atoms with Gasteiger partial charge in [0.15, 0.2) is 0 Å². The fourth-order valence-electron chi connectivity index (χ4n) is 1.57. The van der Waals surface area contributed by atoms with Crippen LogP contribution < -0.4 is 10.5 Å². The second-order valence-corrected chi connectivity index (χ2v) is 4.27. The molecular formula is C13H13ClN2O3. The zero-order chi connectivity index (χ0) is 13.8. The zero-order valence-electron chi connectivity index (χ0n) is 10.4. The van der Waals surface area contributed by atoms with Gasteiger partial charge in [-0.2, -0.15) is 0 Å². The third-order valence-corrected chi connectivity index (χ3v) is 2.62. The summed E-state index contributed by atoms with van der Waals surface area (Å²) in [6.45, 7) is 2.24. The minimum absolute atomic E-state index is 0.0214. The number of hydrogen-bond acceptors (Lipinski definition) is 4. The van der Waals surface area contributed by atoms with Crippen molar-refractivity contribution in [3.8, 4) is 17.4 Å². The van der Waals surface area contributed by atoms with Crippen LogP contribution in [0.5, 0.6) is 5.95 Å². The van der Waals surface area contributed by atoms with Crippen molar-refractivity contribution >= 4 is 17.5 Å². The molecule has 2 aromatic rings. The molecule has 2 N–H and O–H groups in total. The van der Waals surface area contributed by atoms with E-state index in [1.54, 1.807) is 24.3 Å². The summed E-state index contributed by atoms with van der Waals surface area (Å²) in [7, 11) is 0. The van der Waals surface area contributed by atoms with Gasteiger partial charge < -0.3 is 14.9 Å². The summed E-state index contributed by atoms with van der Waals surface area (Å²) in [5, 5.41) is 0.623. The van der Waals surface area contributed by atoms with Gasteiger partial charge in [-0.15, -0.1) is 0 Å². The molecule has 0 spiro atoms. The number of oxazole rings is 1. The van der Waals surface area contributed by atoms with Crippen molar-refractivity contribution in [1.82, 2.24) is 4.98 Å². The van der Waals surface area contributed by atoms with E-state index in [9.17, 15) is 4.79 Å². The van der Waals surface area contributed by atoms with E-state index in [1.807, 2.05) is 6.92 Å². The average Bonchev–Trinajstić information content (AvgIpc) is 2.73. The van der Waals surface area contributed by atoms with Crippen molar-refractivity contribution in [2.75, 3.05) is 6.61 Å². The van der Waals surface area contributed by atoms with Gasteiger partial charge in [-0.1, -0.05) is 11.6 Å². The Hall–Kier alpha value is -2.01. The van der Waals surface area contributed by atoms with Gasteiger partial charge in [-0.05, 0) is 31.2 Å². The number of rotatable bonds is 5. The third-order valence-electron chi connectivity index (χ3n) is 2.37. The van der Waals surface area contributed by atoms with Crippen LogP contribution in [0.2, 0.25) is 5.02 Å². The van der Waals surface area contributed by atoms with Gasteiger partial charge in [-0.25, -0.2) is 4.98 Å². The number of halogens is 1. The second kappa shape index (κ2) is 5.75. The summed E-state index contributed by atoms with van der Waals surface area (Å²) in [6.07, 6.45) is -0.0214. The summed E-state index contributed by atoms with van der Waals surface area (Å²) in [5.41, 5.74) is 6.32. The first kappa shape index (κ1) is 13.4. The Labute approximate surface area is 115 Å². The van der Waals surface area contributed by atoms with E-state index in [1.165, 1.54) is 0 Å². The Morgan fingerprint density at radius 3 is 2.68 bits per heavy atom. The van der Waals surface area contributed by atoms with Gasteiger partial charge in [0.2, 0.25) is 11.8 Å². The fraction of sp³-hybridized carbons (Fsp3) is 0.231. The lowest BCUT2D eigenvalue weighted by molar-refractivity contribution is -0.117. The van der Waals surface area contributed by atoms with E-state index in [4.69, 9.17) is 26.5 Å². The number of amides is 1. The molecule has 0 aliphatic heterocycles. The van der Waals surface area contributed by atoms with Gasteiger partial charge in [0.25, 0.3) is 0 Å². The Kier molecular flexibility index (Phi) is 4.06. The highest BCUT2D eigenvalue weighted by molar-refractivity contribution is 6.30. The molecular weight excluding hydrogens is 268 g/mol. The molecule has 0 saturated heterocycles. The topological polar surface area (TPSA) is 78.3 Å². The van der Waals surface area contributed by atoms with Crippen molar-refractivity contribution in [2.45, 2.75) is 13.3 Å².